The number of aromatic nitrogens is 2. The summed E-state index contributed by atoms with van der Waals surface area (Å²) < 4.78 is 20.1. The van der Waals surface area contributed by atoms with Crippen LogP contribution in [-0.2, 0) is 13.2 Å². The first-order valence-electron chi connectivity index (χ1n) is 7.86. The second-order valence-corrected chi connectivity index (χ2v) is 5.57. The van der Waals surface area contributed by atoms with Crippen LogP contribution in [0.4, 0.5) is 9.18 Å². The first-order valence-corrected chi connectivity index (χ1v) is 7.86. The van der Waals surface area contributed by atoms with Gasteiger partial charge in [0, 0.05) is 19.2 Å². The Morgan fingerprint density at radius 3 is 2.88 bits per heavy atom. The maximum Gasteiger partial charge on any atom is 0.404 e. The van der Waals surface area contributed by atoms with Gasteiger partial charge in [-0.25, -0.2) is 14.2 Å². The lowest BCUT2D eigenvalue weighted by Gasteiger charge is -2.09. The summed E-state index contributed by atoms with van der Waals surface area (Å²) in [4.78, 5) is 27.1. The van der Waals surface area contributed by atoms with Crippen LogP contribution in [0.2, 0.25) is 0 Å². The van der Waals surface area contributed by atoms with E-state index in [0.29, 0.717) is 22.2 Å². The lowest BCUT2D eigenvalue weighted by molar-refractivity contribution is 0.194. The van der Waals surface area contributed by atoms with Crippen LogP contribution in [0.5, 0.6) is 5.75 Å². The summed E-state index contributed by atoms with van der Waals surface area (Å²) in [5, 5.41) is 11.2. The first kappa shape index (κ1) is 17.4. The summed E-state index contributed by atoms with van der Waals surface area (Å²) in [7, 11) is 0. The Morgan fingerprint density at radius 1 is 1.27 bits per heavy atom. The van der Waals surface area contributed by atoms with Gasteiger partial charge in [0.2, 0.25) is 0 Å². The summed E-state index contributed by atoms with van der Waals surface area (Å²) in [6.45, 7) is 0.490. The van der Waals surface area contributed by atoms with Crippen molar-refractivity contribution in [3.63, 3.8) is 0 Å². The Kier molecular flexibility index (Phi) is 5.12. The predicted octanol–water partition coefficient (Wildman–Crippen LogP) is 2.38. The number of nitrogens with one attached hydrogen (secondary N) is 1. The number of hydrogen-bond acceptors (Lipinski definition) is 4. The smallest absolute Gasteiger partial charge is 0.404 e. The number of fused-ring (bicyclic) bond motifs is 1. The van der Waals surface area contributed by atoms with Crippen molar-refractivity contribution in [1.82, 2.24) is 14.9 Å². The van der Waals surface area contributed by atoms with E-state index < -0.39 is 6.09 Å². The molecule has 0 atom stereocenters. The number of rotatable bonds is 6. The zero-order chi connectivity index (χ0) is 18.5. The number of carbonyl (C=O) groups is 1. The Hall–Kier alpha value is -3.42. The molecule has 7 nitrogen and oxygen atoms in total. The fourth-order valence-corrected chi connectivity index (χ4v) is 2.46. The van der Waals surface area contributed by atoms with Crippen LogP contribution in [0, 0.1) is 5.82 Å². The second-order valence-electron chi connectivity index (χ2n) is 5.57. The van der Waals surface area contributed by atoms with Crippen molar-refractivity contribution in [1.29, 1.82) is 0 Å². The largest absolute Gasteiger partial charge is 0.489 e. The van der Waals surface area contributed by atoms with Crippen molar-refractivity contribution in [2.24, 2.45) is 0 Å². The van der Waals surface area contributed by atoms with Gasteiger partial charge in [-0.15, -0.1) is 0 Å². The van der Waals surface area contributed by atoms with Crippen LogP contribution in [0.15, 0.2) is 53.6 Å². The Balaban J connectivity index is 1.74. The van der Waals surface area contributed by atoms with Gasteiger partial charge in [0.15, 0.2) is 0 Å². The molecule has 0 fully saturated rings. The van der Waals surface area contributed by atoms with Crippen LogP contribution < -0.4 is 15.6 Å². The SMILES string of the molecule is O=C(O)NCCn1cnc2cc(OCc3cccc(F)c3)ccc2c1=O. The molecule has 1 amide bonds. The van der Waals surface area contributed by atoms with E-state index in [4.69, 9.17) is 9.84 Å². The summed E-state index contributed by atoms with van der Waals surface area (Å²) in [6.07, 6.45) is 0.219. The second kappa shape index (κ2) is 7.64. The number of carboxylic acid groups (broad SMARTS) is 1. The highest BCUT2D eigenvalue weighted by Gasteiger charge is 2.06. The van der Waals surface area contributed by atoms with Crippen LogP contribution in [0.3, 0.4) is 0 Å². The molecule has 0 aliphatic carbocycles. The van der Waals surface area contributed by atoms with Crippen molar-refractivity contribution in [2.45, 2.75) is 13.2 Å². The molecule has 0 spiro atoms. The van der Waals surface area contributed by atoms with E-state index >= 15 is 0 Å². The third kappa shape index (κ3) is 4.15. The molecule has 3 rings (SSSR count). The molecule has 26 heavy (non-hydrogen) atoms. The summed E-state index contributed by atoms with van der Waals surface area (Å²) in [5.74, 6) is 0.183. The molecule has 0 bridgehead atoms. The first-order chi connectivity index (χ1) is 12.5. The number of benzene rings is 2. The lowest BCUT2D eigenvalue weighted by atomic mass is 10.2. The Bertz CT molecular complexity index is 1000. The predicted molar refractivity (Wildman–Crippen MR) is 92.8 cm³/mol. The van der Waals surface area contributed by atoms with Gasteiger partial charge in [-0.2, -0.15) is 0 Å². The van der Waals surface area contributed by atoms with E-state index in [1.165, 1.54) is 23.0 Å². The van der Waals surface area contributed by atoms with Crippen molar-refractivity contribution in [3.05, 3.63) is 70.5 Å². The van der Waals surface area contributed by atoms with E-state index in [0.717, 1.165) is 0 Å². The standard InChI is InChI=1S/C18H16FN3O4/c19-13-3-1-2-12(8-13)10-26-14-4-5-15-16(9-14)21-11-22(17(15)23)7-6-20-18(24)25/h1-5,8-9,11,20H,6-7,10H2,(H,24,25). The molecule has 0 aliphatic heterocycles. The molecule has 0 radical (unpaired) electrons. The van der Waals surface area contributed by atoms with Gasteiger partial charge in [0.05, 0.1) is 17.2 Å². The number of nitrogens with zero attached hydrogens (tertiary/aromatic N) is 2. The minimum atomic E-state index is -1.15. The van der Waals surface area contributed by atoms with Crippen molar-refractivity contribution in [3.8, 4) is 5.75 Å². The van der Waals surface area contributed by atoms with Crippen LogP contribution >= 0.6 is 0 Å². The molecule has 1 heterocycles. The van der Waals surface area contributed by atoms with Gasteiger partial charge in [0.1, 0.15) is 18.2 Å². The van der Waals surface area contributed by atoms with E-state index in [1.54, 1.807) is 30.3 Å². The molecule has 3 aromatic rings. The molecule has 1 aromatic heterocycles. The number of hydrogen-bond donors (Lipinski definition) is 2. The van der Waals surface area contributed by atoms with Crippen molar-refractivity contribution >= 4 is 17.0 Å². The molecule has 8 heteroatoms. The fourth-order valence-electron chi connectivity index (χ4n) is 2.46. The van der Waals surface area contributed by atoms with Gasteiger partial charge in [-0.3, -0.25) is 9.36 Å². The Morgan fingerprint density at radius 2 is 2.12 bits per heavy atom. The highest BCUT2D eigenvalue weighted by molar-refractivity contribution is 5.78. The highest BCUT2D eigenvalue weighted by atomic mass is 19.1. The molecular weight excluding hydrogens is 341 g/mol. The van der Waals surface area contributed by atoms with Crippen LogP contribution in [0.25, 0.3) is 10.9 Å². The molecule has 2 aromatic carbocycles. The molecule has 2 N–H and O–H groups in total. The van der Waals surface area contributed by atoms with Gasteiger partial charge in [0.25, 0.3) is 5.56 Å². The van der Waals surface area contributed by atoms with Crippen LogP contribution in [-0.4, -0.2) is 27.3 Å². The highest BCUT2D eigenvalue weighted by Crippen LogP contribution is 2.18. The topological polar surface area (TPSA) is 93.5 Å². The number of amides is 1. The lowest BCUT2D eigenvalue weighted by Crippen LogP contribution is -2.29. The summed E-state index contributed by atoms with van der Waals surface area (Å²) >= 11 is 0. The van der Waals surface area contributed by atoms with E-state index in [2.05, 4.69) is 10.3 Å². The average Bonchev–Trinajstić information content (AvgIpc) is 2.62. The Labute approximate surface area is 147 Å². The number of ether oxygens (including phenoxy) is 1. The minimum Gasteiger partial charge on any atom is -0.489 e. The third-order valence-corrected chi connectivity index (χ3v) is 3.72. The number of halogens is 1. The monoisotopic (exact) mass is 357 g/mol. The van der Waals surface area contributed by atoms with E-state index in [9.17, 15) is 14.0 Å². The minimum absolute atomic E-state index is 0.108. The van der Waals surface area contributed by atoms with E-state index in [-0.39, 0.29) is 31.1 Å². The third-order valence-electron chi connectivity index (χ3n) is 3.72. The summed E-state index contributed by atoms with van der Waals surface area (Å²) in [6, 6.07) is 11.0. The maximum absolute atomic E-state index is 13.2. The van der Waals surface area contributed by atoms with Crippen molar-refractivity contribution < 1.29 is 19.0 Å². The molecule has 0 saturated heterocycles. The van der Waals surface area contributed by atoms with Crippen molar-refractivity contribution in [2.75, 3.05) is 6.54 Å². The fraction of sp³-hybridized carbons (Fsp3) is 0.167. The molecule has 0 aliphatic rings. The van der Waals surface area contributed by atoms with Gasteiger partial charge < -0.3 is 15.2 Å². The zero-order valence-corrected chi connectivity index (χ0v) is 13.7. The quantitative estimate of drug-likeness (QED) is 0.706. The zero-order valence-electron chi connectivity index (χ0n) is 13.7. The van der Waals surface area contributed by atoms with E-state index in [1.807, 2.05) is 0 Å². The summed E-state index contributed by atoms with van der Waals surface area (Å²) in [5.41, 5.74) is 0.896. The van der Waals surface area contributed by atoms with Gasteiger partial charge in [-0.05, 0) is 29.8 Å². The molecule has 0 saturated carbocycles. The molecular formula is C18H16FN3O4. The normalized spacial score (nSPS) is 10.7. The molecule has 134 valence electrons. The van der Waals surface area contributed by atoms with Gasteiger partial charge >= 0.3 is 6.09 Å². The maximum atomic E-state index is 13.2. The van der Waals surface area contributed by atoms with Crippen LogP contribution in [0.1, 0.15) is 5.56 Å². The average molecular weight is 357 g/mol. The molecule has 0 unspecified atom stereocenters. The van der Waals surface area contributed by atoms with Gasteiger partial charge in [-0.1, -0.05) is 12.1 Å².